The molecule has 0 heterocycles. The Hall–Kier alpha value is -10.1. The van der Waals surface area contributed by atoms with Gasteiger partial charge in [0, 0.05) is 0 Å². The molecule has 13 aromatic carbocycles. The van der Waals surface area contributed by atoms with Crippen molar-refractivity contribution in [2.75, 3.05) is 0 Å². The van der Waals surface area contributed by atoms with E-state index in [1.54, 1.807) is 30.7 Å². The highest BCUT2D eigenvalue weighted by Crippen LogP contribution is 2.48. The maximum Gasteiger partial charge on any atom is 0.0632 e. The molecule has 13 aromatic rings. The molecule has 144 heavy (non-hydrogen) atoms. The molecule has 0 aromatic heterocycles. The third kappa shape index (κ3) is 34.5. The lowest BCUT2D eigenvalue weighted by Gasteiger charge is -2.38. The van der Waals surface area contributed by atoms with Crippen molar-refractivity contribution in [1.29, 1.82) is 0 Å². The van der Waals surface area contributed by atoms with E-state index in [4.69, 9.17) is 17.8 Å². The third-order valence-corrected chi connectivity index (χ3v) is 26.4. The van der Waals surface area contributed by atoms with E-state index in [0.29, 0.717) is 22.3 Å². The summed E-state index contributed by atoms with van der Waals surface area (Å²) in [7, 11) is 0. The van der Waals surface area contributed by atoms with Crippen LogP contribution in [0.3, 0.4) is 0 Å². The predicted octanol–water partition coefficient (Wildman–Crippen LogP) is 43.2. The van der Waals surface area contributed by atoms with Gasteiger partial charge in [-0.1, -0.05) is 622 Å². The summed E-state index contributed by atoms with van der Waals surface area (Å²) in [5, 5.41) is 0. The molecule has 0 atom stereocenters. The summed E-state index contributed by atoms with van der Waals surface area (Å²) in [6.07, 6.45) is 0. The summed E-state index contributed by atoms with van der Waals surface area (Å²) in [5.74, 6) is 0. The van der Waals surface area contributed by atoms with Gasteiger partial charge in [0.15, 0.2) is 0 Å². The molecule has 0 heteroatoms. The summed E-state index contributed by atoms with van der Waals surface area (Å²) in [4.78, 5) is 0. The molecule has 0 aliphatic rings. The predicted molar refractivity (Wildman–Crippen MR) is 646 cm³/mol. The van der Waals surface area contributed by atoms with Gasteiger partial charge in [-0.3, -0.25) is 0 Å². The summed E-state index contributed by atoms with van der Waals surface area (Å²) < 4.78 is 107. The molecule has 774 valence electrons. The quantitative estimate of drug-likeness (QED) is 0.156. The maximum absolute atomic E-state index is 8.52. The van der Waals surface area contributed by atoms with E-state index in [-0.39, 0.29) is 164 Å². The molecular weight excluding hydrogens is 1730 g/mol. The van der Waals surface area contributed by atoms with Crippen LogP contribution in [0.4, 0.5) is 0 Å². The van der Waals surface area contributed by atoms with Crippen molar-refractivity contribution in [2.24, 2.45) is 0 Å². The van der Waals surface area contributed by atoms with Gasteiger partial charge < -0.3 is 0 Å². The topological polar surface area (TPSA) is 0 Å². The Kier molecular flexibility index (Phi) is 32.4. The van der Waals surface area contributed by atoms with Gasteiger partial charge >= 0.3 is 0 Å². The van der Waals surface area contributed by atoms with Crippen molar-refractivity contribution < 1.29 is 17.8 Å². The van der Waals surface area contributed by atoms with E-state index in [9.17, 15) is 0 Å². The summed E-state index contributed by atoms with van der Waals surface area (Å²) >= 11 is 0. The molecule has 0 fully saturated rings. The van der Waals surface area contributed by atoms with Crippen LogP contribution in [0, 0.1) is 13.8 Å². The summed E-state index contributed by atoms with van der Waals surface area (Å²) in [6.45, 7) is 112. The van der Waals surface area contributed by atoms with Crippen LogP contribution in [0.5, 0.6) is 0 Å². The minimum Gasteiger partial charge on any atom is -0.0622 e. The molecule has 0 amide bonds. The third-order valence-electron chi connectivity index (χ3n) is 26.4. The van der Waals surface area contributed by atoms with E-state index >= 15 is 0 Å². The lowest BCUT2D eigenvalue weighted by Crippen LogP contribution is -2.29. The molecule has 0 saturated heterocycles. The van der Waals surface area contributed by atoms with Gasteiger partial charge in [-0.2, -0.15) is 0 Å². The van der Waals surface area contributed by atoms with Crippen molar-refractivity contribution in [2.45, 2.75) is 433 Å². The standard InChI is InChI=1S/C23H24.C22H22.C22H38.C21H28.C20H26.2C18H30/c1-17-10-12-19(13-11-17)21-14-20(18-8-6-5-7-9-18)15-22(16-21)23(2,3)4;1-22(2,3)21-15-19(17-10-6-4-7-11-17)14-20(16-21)18-12-8-5-9-13-18;1-19(2,3)15-13-16(20(4,5)6)18(22(10,11)12)17(14-15)21(7,8)9;1-15-10-8-11-16(14-15)17-12-9-13-18(20(2,3)4)19(17)21(5,6)7;1-19(2,3)17-14-10-13-16(18(17)20(4,5)6)15-11-8-7-9-12-15;2*1-16(2,3)13-10-11-14(17(4,5)6)15(12-13)18(7,8)9/h5-16H,1-4H3;4-16H,1-3H3;13-14H,1-12H3;8-14H,1-7H3;7-14H,1-6H3;2*10-12H,1-9H3/i5D,6D,7D,8D,9D,10D,11D,12D,13D;;;8D,10D,11D,14D;;;. The fourth-order valence-corrected chi connectivity index (χ4v) is 18.2. The van der Waals surface area contributed by atoms with Gasteiger partial charge in [0.05, 0.1) is 17.8 Å². The number of rotatable bonds is 6. The first-order valence-electron chi connectivity index (χ1n) is 59.3. The maximum atomic E-state index is 8.52. The van der Waals surface area contributed by atoms with Crippen LogP contribution in [0.2, 0.25) is 0 Å². The Morgan fingerprint density at radius 1 is 0.146 bits per heavy atom. The molecule has 13 rings (SSSR count). The van der Waals surface area contributed by atoms with Crippen molar-refractivity contribution in [1.82, 2.24) is 0 Å². The molecule has 0 nitrogen and oxygen atoms in total. The average molecular weight is 1940 g/mol. The molecule has 0 spiro atoms. The molecule has 0 N–H and O–H groups in total. The molecular formula is C144H198. The largest absolute Gasteiger partial charge is 0.0632 e. The van der Waals surface area contributed by atoms with Crippen molar-refractivity contribution >= 4 is 0 Å². The molecule has 0 aliphatic carbocycles. The van der Waals surface area contributed by atoms with Crippen LogP contribution in [-0.4, -0.2) is 0 Å². The lowest BCUT2D eigenvalue weighted by molar-refractivity contribution is 0.490. The molecule has 0 saturated carbocycles. The highest BCUT2D eigenvalue weighted by atomic mass is 14.4. The van der Waals surface area contributed by atoms with Crippen molar-refractivity contribution in [3.63, 3.8) is 0 Å². The summed E-state index contributed by atoms with van der Waals surface area (Å²) in [5.41, 5.74) is 34.6. The van der Waals surface area contributed by atoms with Gasteiger partial charge in [-0.05, 0) is 268 Å². The SMILES string of the molecule is CC(C)(C)c1cc(-c2ccccc2)cc(-c2ccccc2)c1.CC(C)(C)c1cc(C(C)(C)C)c(C(C)(C)C)c(C(C)(C)C)c1.CC(C)(C)c1ccc(C(C)(C)C)c(C(C)(C)C)c1.CC(C)(C)c1ccc(C(C)(C)C)c(C(C)(C)C)c1.CC(C)(C)c1cccc(-c2ccccc2)c1C(C)(C)C.[2H]c1c([2H])c(C)c([2H])c(-c2cccc(C(C)(C)C)c2C(C)(C)C)c1[2H].[2H]c1c([2H])c([2H])c(-c2cc(-c3c([2H])c([2H])c(C)c([2H])c3[2H])cc(C(C)(C)C)c2)c([2H])c1[2H]. The van der Waals surface area contributed by atoms with Crippen LogP contribution < -0.4 is 0 Å². The zero-order valence-corrected chi connectivity index (χ0v) is 99.7. The number of hydrogen-bond acceptors (Lipinski definition) is 0. The van der Waals surface area contributed by atoms with Gasteiger partial charge in [0.2, 0.25) is 0 Å². The molecule has 0 radical (unpaired) electrons. The van der Waals surface area contributed by atoms with Gasteiger partial charge in [-0.25, -0.2) is 0 Å². The Morgan fingerprint density at radius 2 is 0.410 bits per heavy atom. The Labute approximate surface area is 903 Å². The Bertz CT molecular complexity index is 6790. The van der Waals surface area contributed by atoms with E-state index in [0.717, 1.165) is 16.7 Å². The van der Waals surface area contributed by atoms with Crippen LogP contribution in [0.25, 0.3) is 66.8 Å². The van der Waals surface area contributed by atoms with E-state index in [2.05, 4.69) is 494 Å². The van der Waals surface area contributed by atoms with Crippen molar-refractivity contribution in [3.05, 3.63) is 391 Å². The second kappa shape index (κ2) is 46.1. The van der Waals surface area contributed by atoms with Gasteiger partial charge in [0.1, 0.15) is 0 Å². The van der Waals surface area contributed by atoms with E-state index in [1.807, 2.05) is 32.9 Å². The molecule has 0 unspecified atom stereocenters. The van der Waals surface area contributed by atoms with Crippen LogP contribution in [-0.2, 0) is 86.6 Å². The first-order chi connectivity index (χ1) is 70.8. The fourth-order valence-electron chi connectivity index (χ4n) is 18.2. The Balaban J connectivity index is 0.000000249. The second-order valence-electron chi connectivity index (χ2n) is 56.6. The normalized spacial score (nSPS) is 14.1. The van der Waals surface area contributed by atoms with Crippen LogP contribution in [0.15, 0.2) is 291 Å². The first kappa shape index (κ1) is 101. The minimum atomic E-state index is -0.478. The molecule has 0 aliphatic heterocycles. The minimum absolute atomic E-state index is 0.0250. The number of hydrogen-bond donors (Lipinski definition) is 0. The fraction of sp³-hybridized carbons (Fsp3) is 0.458. The zero-order valence-electron chi connectivity index (χ0n) is 113. The average Bonchev–Trinajstić information content (AvgIpc) is 0.756. The number of benzene rings is 13. The van der Waals surface area contributed by atoms with E-state index in [1.165, 1.54) is 113 Å². The van der Waals surface area contributed by atoms with Gasteiger partial charge in [-0.15, -0.1) is 0 Å². The lowest BCUT2D eigenvalue weighted by atomic mass is 9.66. The van der Waals surface area contributed by atoms with Crippen LogP contribution >= 0.6 is 0 Å². The second-order valence-corrected chi connectivity index (χ2v) is 56.6. The van der Waals surface area contributed by atoms with Crippen LogP contribution in [0.1, 0.15) is 450 Å². The smallest absolute Gasteiger partial charge is 0.0622 e. The molecule has 0 bridgehead atoms. The highest BCUT2D eigenvalue weighted by Gasteiger charge is 2.37. The first-order valence-corrected chi connectivity index (χ1v) is 52.8. The van der Waals surface area contributed by atoms with Gasteiger partial charge in [0.25, 0.3) is 0 Å². The zero-order chi connectivity index (χ0) is 121. The highest BCUT2D eigenvalue weighted by molar-refractivity contribution is 5.78. The Morgan fingerprint density at radius 3 is 0.701 bits per heavy atom. The monoisotopic (exact) mass is 1940 g/mol. The van der Waals surface area contributed by atoms with Crippen molar-refractivity contribution in [3.8, 4) is 66.8 Å². The summed E-state index contributed by atoms with van der Waals surface area (Å²) in [6, 6.07) is 73.2. The van der Waals surface area contributed by atoms with E-state index < -0.39 is 18.1 Å².